The second kappa shape index (κ2) is 5.19. The summed E-state index contributed by atoms with van der Waals surface area (Å²) in [6.45, 7) is 0. The molecule has 0 saturated carbocycles. The van der Waals surface area contributed by atoms with Crippen LogP contribution in [0.5, 0.6) is 0 Å². The molecule has 0 fully saturated rings. The van der Waals surface area contributed by atoms with Gasteiger partial charge in [0.15, 0.2) is 5.60 Å². The van der Waals surface area contributed by atoms with Crippen LogP contribution >= 0.6 is 0 Å². The maximum Gasteiger partial charge on any atom is 0.342 e. The lowest BCUT2D eigenvalue weighted by Gasteiger charge is -2.27. The molecule has 1 unspecified atom stereocenters. The Morgan fingerprint density at radius 3 is 2.44 bits per heavy atom. The van der Waals surface area contributed by atoms with Gasteiger partial charge in [-0.3, -0.25) is 0 Å². The Labute approximate surface area is 107 Å². The van der Waals surface area contributed by atoms with E-state index >= 15 is 0 Å². The van der Waals surface area contributed by atoms with E-state index in [1.807, 2.05) is 42.5 Å². The van der Waals surface area contributed by atoms with E-state index in [0.29, 0.717) is 6.42 Å². The highest BCUT2D eigenvalue weighted by atomic mass is 16.6. The molecule has 0 aliphatic heterocycles. The van der Waals surface area contributed by atoms with E-state index in [1.54, 1.807) is 6.08 Å². The number of hydrogen-bond donors (Lipinski definition) is 0. The van der Waals surface area contributed by atoms with Crippen LogP contribution in [0, 0.1) is 0 Å². The Kier molecular flexibility index (Phi) is 3.63. The van der Waals surface area contributed by atoms with Gasteiger partial charge in [-0.2, -0.15) is 0 Å². The van der Waals surface area contributed by atoms with E-state index < -0.39 is 5.60 Å². The maximum absolute atomic E-state index is 11.7. The van der Waals surface area contributed by atoms with Crippen LogP contribution in [-0.2, 0) is 14.3 Å². The largest absolute Gasteiger partial charge is 0.467 e. The van der Waals surface area contributed by atoms with Gasteiger partial charge in [-0.25, -0.2) is 4.79 Å². The molecule has 0 bridgehead atoms. The summed E-state index contributed by atoms with van der Waals surface area (Å²) < 4.78 is 10.1. The Morgan fingerprint density at radius 1 is 1.22 bits per heavy atom. The maximum atomic E-state index is 11.7. The first-order valence-electron chi connectivity index (χ1n) is 5.80. The summed E-state index contributed by atoms with van der Waals surface area (Å²) >= 11 is 0. The SMILES string of the molecule is COC(=O)C1(OC)C=CC(c2ccccc2)=CC1. The van der Waals surface area contributed by atoms with Crippen molar-refractivity contribution in [3.05, 3.63) is 54.1 Å². The van der Waals surface area contributed by atoms with Crippen molar-refractivity contribution in [2.75, 3.05) is 14.2 Å². The molecule has 18 heavy (non-hydrogen) atoms. The molecule has 0 saturated heterocycles. The lowest BCUT2D eigenvalue weighted by atomic mass is 9.89. The Morgan fingerprint density at radius 2 is 1.94 bits per heavy atom. The van der Waals surface area contributed by atoms with Gasteiger partial charge < -0.3 is 9.47 Å². The average molecular weight is 244 g/mol. The van der Waals surface area contributed by atoms with Crippen molar-refractivity contribution in [2.45, 2.75) is 12.0 Å². The van der Waals surface area contributed by atoms with E-state index in [4.69, 9.17) is 9.47 Å². The molecular formula is C15H16O3. The van der Waals surface area contributed by atoms with Crippen molar-refractivity contribution in [3.8, 4) is 0 Å². The number of carbonyl (C=O) groups excluding carboxylic acids is 1. The highest BCUT2D eigenvalue weighted by Gasteiger charge is 2.37. The molecule has 0 N–H and O–H groups in total. The number of methoxy groups -OCH3 is 2. The quantitative estimate of drug-likeness (QED) is 0.767. The van der Waals surface area contributed by atoms with E-state index in [1.165, 1.54) is 14.2 Å². The first-order chi connectivity index (χ1) is 8.72. The van der Waals surface area contributed by atoms with E-state index in [0.717, 1.165) is 11.1 Å². The zero-order valence-corrected chi connectivity index (χ0v) is 10.6. The molecule has 1 aliphatic rings. The zero-order valence-electron chi connectivity index (χ0n) is 10.6. The van der Waals surface area contributed by atoms with E-state index in [2.05, 4.69) is 0 Å². The third-order valence-corrected chi connectivity index (χ3v) is 3.16. The molecule has 2 rings (SSSR count). The van der Waals surface area contributed by atoms with Gasteiger partial charge in [-0.15, -0.1) is 0 Å². The van der Waals surface area contributed by atoms with Gasteiger partial charge >= 0.3 is 5.97 Å². The van der Waals surface area contributed by atoms with Gasteiger partial charge in [0.1, 0.15) is 0 Å². The minimum atomic E-state index is -0.979. The highest BCUT2D eigenvalue weighted by Crippen LogP contribution is 2.29. The van der Waals surface area contributed by atoms with Crippen molar-refractivity contribution in [1.29, 1.82) is 0 Å². The van der Waals surface area contributed by atoms with Crippen LogP contribution in [0.2, 0.25) is 0 Å². The summed E-state index contributed by atoms with van der Waals surface area (Å²) in [7, 11) is 2.88. The zero-order chi connectivity index (χ0) is 13.0. The number of esters is 1. The summed E-state index contributed by atoms with van der Waals surface area (Å²) in [5.41, 5.74) is 1.24. The van der Waals surface area contributed by atoms with Crippen LogP contribution in [0.25, 0.3) is 5.57 Å². The minimum Gasteiger partial charge on any atom is -0.467 e. The third-order valence-electron chi connectivity index (χ3n) is 3.16. The van der Waals surface area contributed by atoms with Gasteiger partial charge in [0.25, 0.3) is 0 Å². The molecule has 94 valence electrons. The van der Waals surface area contributed by atoms with Gasteiger partial charge in [-0.1, -0.05) is 42.5 Å². The summed E-state index contributed by atoms with van der Waals surface area (Å²) in [6.07, 6.45) is 6.15. The van der Waals surface area contributed by atoms with E-state index in [-0.39, 0.29) is 5.97 Å². The summed E-state index contributed by atoms with van der Waals surface area (Å²) in [6, 6.07) is 10.0. The van der Waals surface area contributed by atoms with Crippen LogP contribution in [-0.4, -0.2) is 25.8 Å². The lowest BCUT2D eigenvalue weighted by molar-refractivity contribution is -0.159. The van der Waals surface area contributed by atoms with Crippen LogP contribution in [0.4, 0.5) is 0 Å². The Hall–Kier alpha value is -1.87. The van der Waals surface area contributed by atoms with Crippen LogP contribution < -0.4 is 0 Å². The Balaban J connectivity index is 2.23. The number of hydrogen-bond acceptors (Lipinski definition) is 3. The van der Waals surface area contributed by atoms with Crippen molar-refractivity contribution in [1.82, 2.24) is 0 Å². The fourth-order valence-corrected chi connectivity index (χ4v) is 2.03. The number of benzene rings is 1. The van der Waals surface area contributed by atoms with E-state index in [9.17, 15) is 4.79 Å². The molecule has 1 aromatic rings. The lowest BCUT2D eigenvalue weighted by Crippen LogP contribution is -2.40. The second-order valence-electron chi connectivity index (χ2n) is 4.15. The fraction of sp³-hybridized carbons (Fsp3) is 0.267. The average Bonchev–Trinajstić information content (AvgIpc) is 2.47. The number of ether oxygens (including phenoxy) is 2. The summed E-state index contributed by atoms with van der Waals surface area (Å²) in [4.78, 5) is 11.7. The summed E-state index contributed by atoms with van der Waals surface area (Å²) in [5.74, 6) is -0.371. The minimum absolute atomic E-state index is 0.371. The first-order valence-corrected chi connectivity index (χ1v) is 5.80. The van der Waals surface area contributed by atoms with Crippen molar-refractivity contribution >= 4 is 11.5 Å². The molecule has 1 aliphatic carbocycles. The monoisotopic (exact) mass is 244 g/mol. The van der Waals surface area contributed by atoms with Gasteiger partial charge in [0.2, 0.25) is 0 Å². The summed E-state index contributed by atoms with van der Waals surface area (Å²) in [5, 5.41) is 0. The molecule has 3 heteroatoms. The predicted molar refractivity (Wildman–Crippen MR) is 69.9 cm³/mol. The standard InChI is InChI=1S/C15H16O3/c1-17-14(16)15(18-2)10-8-13(9-11-15)12-6-4-3-5-7-12/h3-10H,11H2,1-2H3. The van der Waals surface area contributed by atoms with Crippen LogP contribution in [0.15, 0.2) is 48.6 Å². The Bertz CT molecular complexity index is 488. The van der Waals surface area contributed by atoms with Gasteiger partial charge in [-0.05, 0) is 17.2 Å². The number of allylic oxidation sites excluding steroid dienone is 2. The van der Waals surface area contributed by atoms with Crippen molar-refractivity contribution < 1.29 is 14.3 Å². The van der Waals surface area contributed by atoms with Crippen molar-refractivity contribution in [3.63, 3.8) is 0 Å². The second-order valence-corrected chi connectivity index (χ2v) is 4.15. The van der Waals surface area contributed by atoms with Crippen LogP contribution in [0.3, 0.4) is 0 Å². The third kappa shape index (κ3) is 2.22. The molecule has 0 radical (unpaired) electrons. The molecule has 1 aromatic carbocycles. The molecule has 1 atom stereocenters. The molecule has 0 aromatic heterocycles. The predicted octanol–water partition coefficient (Wildman–Crippen LogP) is 2.59. The molecule has 3 nitrogen and oxygen atoms in total. The molecule has 0 heterocycles. The van der Waals surface area contributed by atoms with Crippen LogP contribution in [0.1, 0.15) is 12.0 Å². The molecule has 0 spiro atoms. The number of carbonyl (C=O) groups is 1. The highest BCUT2D eigenvalue weighted by molar-refractivity contribution is 5.86. The molecular weight excluding hydrogens is 228 g/mol. The van der Waals surface area contributed by atoms with Crippen molar-refractivity contribution in [2.24, 2.45) is 0 Å². The number of rotatable bonds is 3. The smallest absolute Gasteiger partial charge is 0.342 e. The topological polar surface area (TPSA) is 35.5 Å². The molecule has 0 amide bonds. The fourth-order valence-electron chi connectivity index (χ4n) is 2.03. The van der Waals surface area contributed by atoms with Gasteiger partial charge in [0.05, 0.1) is 7.11 Å². The van der Waals surface area contributed by atoms with Gasteiger partial charge in [0, 0.05) is 13.5 Å². The normalized spacial score (nSPS) is 22.4. The first kappa shape index (κ1) is 12.6.